The first-order chi connectivity index (χ1) is 11.3. The van der Waals surface area contributed by atoms with Crippen molar-refractivity contribution in [3.05, 3.63) is 53.3 Å². The summed E-state index contributed by atoms with van der Waals surface area (Å²) in [5, 5.41) is 8.07. The first-order valence-electron chi connectivity index (χ1n) is 8.66. The minimum atomic E-state index is 0.163. The van der Waals surface area contributed by atoms with Gasteiger partial charge in [0.2, 0.25) is 0 Å². The molecule has 0 saturated carbocycles. The molecule has 2 atom stereocenters. The quantitative estimate of drug-likeness (QED) is 0.795. The second-order valence-electron chi connectivity index (χ2n) is 6.35. The van der Waals surface area contributed by atoms with Crippen LogP contribution in [0.1, 0.15) is 55.2 Å². The molecule has 4 nitrogen and oxygen atoms in total. The number of aryl methyl sites for hydroxylation is 1. The first-order valence-corrected chi connectivity index (χ1v) is 8.66. The van der Waals surface area contributed by atoms with E-state index >= 15 is 0 Å². The molecule has 23 heavy (non-hydrogen) atoms. The standard InChI is InChI=1S/C19H27N3O/c1-15(16-8-4-3-5-9-16)23-13-7-12-20-18-10-6-11-19-17(18)14-21-22(19)2/h3-5,8-9,14-15,18,20H,6-7,10-13H2,1-2H3. The van der Waals surface area contributed by atoms with Gasteiger partial charge in [0.15, 0.2) is 0 Å². The maximum atomic E-state index is 5.93. The summed E-state index contributed by atoms with van der Waals surface area (Å²) >= 11 is 0. The highest BCUT2D eigenvalue weighted by molar-refractivity contribution is 5.24. The second-order valence-corrected chi connectivity index (χ2v) is 6.35. The van der Waals surface area contributed by atoms with Crippen LogP contribution in [0.5, 0.6) is 0 Å². The van der Waals surface area contributed by atoms with Crippen LogP contribution in [0.2, 0.25) is 0 Å². The normalized spacial score (nSPS) is 18.6. The van der Waals surface area contributed by atoms with Crippen molar-refractivity contribution in [2.45, 2.75) is 44.8 Å². The van der Waals surface area contributed by atoms with Crippen LogP contribution in [0.4, 0.5) is 0 Å². The van der Waals surface area contributed by atoms with Crippen molar-refractivity contribution in [3.8, 4) is 0 Å². The molecule has 0 spiro atoms. The molecule has 4 heteroatoms. The van der Waals surface area contributed by atoms with Gasteiger partial charge in [0, 0.05) is 31.0 Å². The third kappa shape index (κ3) is 4.01. The molecular weight excluding hydrogens is 286 g/mol. The summed E-state index contributed by atoms with van der Waals surface area (Å²) in [7, 11) is 2.04. The SMILES string of the molecule is CC(OCCCNC1CCCc2c1cnn2C)c1ccccc1. The van der Waals surface area contributed by atoms with E-state index in [9.17, 15) is 0 Å². The van der Waals surface area contributed by atoms with Gasteiger partial charge in [-0.05, 0) is 44.7 Å². The summed E-state index contributed by atoms with van der Waals surface area (Å²) in [5.74, 6) is 0. The van der Waals surface area contributed by atoms with Crippen molar-refractivity contribution in [1.82, 2.24) is 15.1 Å². The van der Waals surface area contributed by atoms with Crippen LogP contribution in [-0.4, -0.2) is 22.9 Å². The van der Waals surface area contributed by atoms with Gasteiger partial charge in [0.1, 0.15) is 0 Å². The summed E-state index contributed by atoms with van der Waals surface area (Å²) in [6.07, 6.45) is 6.83. The molecule has 0 saturated heterocycles. The highest BCUT2D eigenvalue weighted by Gasteiger charge is 2.22. The lowest BCUT2D eigenvalue weighted by Crippen LogP contribution is -2.26. The summed E-state index contributed by atoms with van der Waals surface area (Å²) < 4.78 is 7.96. The van der Waals surface area contributed by atoms with Crippen molar-refractivity contribution >= 4 is 0 Å². The van der Waals surface area contributed by atoms with Crippen LogP contribution in [0.25, 0.3) is 0 Å². The molecular formula is C19H27N3O. The molecule has 2 aromatic rings. The molecule has 1 heterocycles. The number of hydrogen-bond acceptors (Lipinski definition) is 3. The molecule has 1 aromatic carbocycles. The Kier molecular flexibility index (Phi) is 5.47. The fourth-order valence-electron chi connectivity index (χ4n) is 3.35. The zero-order valence-electron chi connectivity index (χ0n) is 14.2. The monoisotopic (exact) mass is 313 g/mol. The third-order valence-corrected chi connectivity index (χ3v) is 4.72. The van der Waals surface area contributed by atoms with Gasteiger partial charge in [0.25, 0.3) is 0 Å². The lowest BCUT2D eigenvalue weighted by Gasteiger charge is -2.24. The van der Waals surface area contributed by atoms with Crippen LogP contribution in [0.3, 0.4) is 0 Å². The van der Waals surface area contributed by atoms with Crippen molar-refractivity contribution in [3.63, 3.8) is 0 Å². The molecule has 3 rings (SSSR count). The lowest BCUT2D eigenvalue weighted by molar-refractivity contribution is 0.0636. The van der Waals surface area contributed by atoms with Crippen LogP contribution in [0, 0.1) is 0 Å². The van der Waals surface area contributed by atoms with Gasteiger partial charge >= 0.3 is 0 Å². The maximum Gasteiger partial charge on any atom is 0.0796 e. The fourth-order valence-corrected chi connectivity index (χ4v) is 3.35. The Hall–Kier alpha value is -1.65. The highest BCUT2D eigenvalue weighted by Crippen LogP contribution is 2.28. The van der Waals surface area contributed by atoms with Gasteiger partial charge in [-0.15, -0.1) is 0 Å². The Labute approximate surface area is 138 Å². The van der Waals surface area contributed by atoms with E-state index < -0.39 is 0 Å². The number of nitrogens with zero attached hydrogens (tertiary/aromatic N) is 2. The van der Waals surface area contributed by atoms with Gasteiger partial charge in [-0.3, -0.25) is 4.68 Å². The van der Waals surface area contributed by atoms with Crippen molar-refractivity contribution < 1.29 is 4.74 Å². The Morgan fingerprint density at radius 1 is 1.35 bits per heavy atom. The number of rotatable bonds is 7. The first kappa shape index (κ1) is 16.2. The number of nitrogens with one attached hydrogen (secondary N) is 1. The van der Waals surface area contributed by atoms with Gasteiger partial charge in [-0.25, -0.2) is 0 Å². The molecule has 0 aliphatic heterocycles. The number of benzene rings is 1. The van der Waals surface area contributed by atoms with E-state index in [4.69, 9.17) is 4.74 Å². The van der Waals surface area contributed by atoms with Crippen LogP contribution in [-0.2, 0) is 18.2 Å². The number of aromatic nitrogens is 2. The second kappa shape index (κ2) is 7.75. The summed E-state index contributed by atoms with van der Waals surface area (Å²) in [6.45, 7) is 3.89. The van der Waals surface area contributed by atoms with Crippen LogP contribution in [0.15, 0.2) is 36.5 Å². The van der Waals surface area contributed by atoms with Crippen molar-refractivity contribution in [1.29, 1.82) is 0 Å². The number of fused-ring (bicyclic) bond motifs is 1. The van der Waals surface area contributed by atoms with E-state index in [-0.39, 0.29) is 6.10 Å². The predicted molar refractivity (Wildman–Crippen MR) is 92.3 cm³/mol. The van der Waals surface area contributed by atoms with E-state index in [1.807, 2.05) is 24.0 Å². The van der Waals surface area contributed by atoms with E-state index in [0.29, 0.717) is 6.04 Å². The van der Waals surface area contributed by atoms with Gasteiger partial charge in [-0.1, -0.05) is 30.3 Å². The van der Waals surface area contributed by atoms with E-state index in [1.165, 1.54) is 29.7 Å². The topological polar surface area (TPSA) is 39.1 Å². The average Bonchev–Trinajstić information content (AvgIpc) is 2.97. The Bertz CT molecular complexity index is 608. The molecule has 0 radical (unpaired) electrons. The van der Waals surface area contributed by atoms with E-state index in [0.717, 1.165) is 26.0 Å². The molecule has 2 unspecified atom stereocenters. The smallest absolute Gasteiger partial charge is 0.0796 e. The molecule has 0 amide bonds. The van der Waals surface area contributed by atoms with Crippen LogP contribution < -0.4 is 5.32 Å². The molecule has 0 bridgehead atoms. The largest absolute Gasteiger partial charge is 0.374 e. The van der Waals surface area contributed by atoms with Crippen molar-refractivity contribution in [2.75, 3.05) is 13.2 Å². The highest BCUT2D eigenvalue weighted by atomic mass is 16.5. The fraction of sp³-hybridized carbons (Fsp3) is 0.526. The third-order valence-electron chi connectivity index (χ3n) is 4.72. The zero-order valence-corrected chi connectivity index (χ0v) is 14.2. The minimum Gasteiger partial charge on any atom is -0.374 e. The van der Waals surface area contributed by atoms with Crippen molar-refractivity contribution in [2.24, 2.45) is 7.05 Å². The van der Waals surface area contributed by atoms with Crippen LogP contribution >= 0.6 is 0 Å². The molecule has 1 aliphatic carbocycles. The maximum absolute atomic E-state index is 5.93. The number of hydrogen-bond donors (Lipinski definition) is 1. The van der Waals surface area contributed by atoms with E-state index in [2.05, 4.69) is 41.6 Å². The van der Waals surface area contributed by atoms with Gasteiger partial charge in [-0.2, -0.15) is 5.10 Å². The molecule has 0 fully saturated rings. The summed E-state index contributed by atoms with van der Waals surface area (Å²) in [6, 6.07) is 10.9. The lowest BCUT2D eigenvalue weighted by atomic mass is 9.93. The van der Waals surface area contributed by atoms with Gasteiger partial charge < -0.3 is 10.1 Å². The van der Waals surface area contributed by atoms with E-state index in [1.54, 1.807) is 0 Å². The Morgan fingerprint density at radius 3 is 3.00 bits per heavy atom. The summed E-state index contributed by atoms with van der Waals surface area (Å²) in [5.41, 5.74) is 4.02. The molecule has 1 aromatic heterocycles. The number of ether oxygens (including phenoxy) is 1. The van der Waals surface area contributed by atoms with Gasteiger partial charge in [0.05, 0.1) is 12.3 Å². The minimum absolute atomic E-state index is 0.163. The Balaban J connectivity index is 1.39. The zero-order chi connectivity index (χ0) is 16.1. The average molecular weight is 313 g/mol. The molecule has 1 N–H and O–H groups in total. The molecule has 1 aliphatic rings. The predicted octanol–water partition coefficient (Wildman–Crippen LogP) is 3.56. The molecule has 124 valence electrons. The Morgan fingerprint density at radius 2 is 2.17 bits per heavy atom. The summed E-state index contributed by atoms with van der Waals surface area (Å²) in [4.78, 5) is 0.